The molecular weight excluding hydrogens is 327 g/mol. The van der Waals surface area contributed by atoms with Gasteiger partial charge in [0.2, 0.25) is 0 Å². The molecule has 106 valence electrons. The number of hydrogen-bond acceptors (Lipinski definition) is 3. The van der Waals surface area contributed by atoms with Crippen LogP contribution < -0.4 is 9.47 Å². The number of halogens is 2. The Kier molecular flexibility index (Phi) is 5.38. The maximum Gasteiger partial charge on any atom is 0.165 e. The normalized spacial score (nSPS) is 10.3. The highest BCUT2D eigenvalue weighted by molar-refractivity contribution is 9.10. The number of hydrogen-bond donors (Lipinski definition) is 1. The van der Waals surface area contributed by atoms with Crippen LogP contribution >= 0.6 is 15.9 Å². The fraction of sp³-hybridized carbons (Fsp3) is 0.200. The van der Waals surface area contributed by atoms with Gasteiger partial charge in [0, 0.05) is 10.0 Å². The van der Waals surface area contributed by atoms with Gasteiger partial charge in [-0.25, -0.2) is 4.39 Å². The first kappa shape index (κ1) is 14.8. The molecule has 3 nitrogen and oxygen atoms in total. The molecule has 0 heterocycles. The van der Waals surface area contributed by atoms with Gasteiger partial charge in [-0.2, -0.15) is 0 Å². The largest absolute Gasteiger partial charge is 0.490 e. The summed E-state index contributed by atoms with van der Waals surface area (Å²) in [6, 6.07) is 11.9. The van der Waals surface area contributed by atoms with E-state index >= 15 is 0 Å². The summed E-state index contributed by atoms with van der Waals surface area (Å²) in [6.45, 7) is 0.218. The number of rotatable bonds is 6. The number of aliphatic hydroxyl groups excluding tert-OH is 1. The number of para-hydroxylation sites is 1. The molecular formula is C15H14BrFO3. The van der Waals surface area contributed by atoms with E-state index in [-0.39, 0.29) is 25.6 Å². The summed E-state index contributed by atoms with van der Waals surface area (Å²) in [5.41, 5.74) is 0.424. The fourth-order valence-electron chi connectivity index (χ4n) is 1.70. The Labute approximate surface area is 125 Å². The maximum absolute atomic E-state index is 13.6. The third-order valence-electron chi connectivity index (χ3n) is 2.61. The van der Waals surface area contributed by atoms with Crippen LogP contribution in [0.3, 0.4) is 0 Å². The number of ether oxygens (including phenoxy) is 2. The van der Waals surface area contributed by atoms with Crippen LogP contribution in [0.2, 0.25) is 0 Å². The summed E-state index contributed by atoms with van der Waals surface area (Å²) in [5, 5.41) is 9.12. The van der Waals surface area contributed by atoms with Gasteiger partial charge in [-0.1, -0.05) is 34.1 Å². The molecule has 1 N–H and O–H groups in total. The molecule has 5 heteroatoms. The minimum Gasteiger partial charge on any atom is -0.490 e. The Morgan fingerprint density at radius 2 is 1.80 bits per heavy atom. The lowest BCUT2D eigenvalue weighted by atomic mass is 10.2. The lowest BCUT2D eigenvalue weighted by Crippen LogP contribution is -2.11. The molecule has 0 aromatic heterocycles. The van der Waals surface area contributed by atoms with Crippen molar-refractivity contribution in [1.29, 1.82) is 0 Å². The fourth-order valence-corrected chi connectivity index (χ4v) is 2.08. The molecule has 0 aliphatic carbocycles. The molecule has 0 bridgehead atoms. The zero-order valence-electron chi connectivity index (χ0n) is 10.7. The van der Waals surface area contributed by atoms with Gasteiger partial charge < -0.3 is 14.6 Å². The monoisotopic (exact) mass is 340 g/mol. The van der Waals surface area contributed by atoms with Gasteiger partial charge in [-0.05, 0) is 24.3 Å². The summed E-state index contributed by atoms with van der Waals surface area (Å²) in [5.74, 6) is 0.297. The van der Waals surface area contributed by atoms with Crippen molar-refractivity contribution in [3.8, 4) is 11.5 Å². The van der Waals surface area contributed by atoms with Crippen molar-refractivity contribution in [2.75, 3.05) is 13.2 Å². The van der Waals surface area contributed by atoms with E-state index in [9.17, 15) is 4.39 Å². The average Bonchev–Trinajstić information content (AvgIpc) is 2.45. The van der Waals surface area contributed by atoms with E-state index in [0.29, 0.717) is 11.3 Å². The molecule has 0 fully saturated rings. The zero-order chi connectivity index (χ0) is 14.4. The SMILES string of the molecule is OCc1cccc(F)c1OCCOc1cccc(Br)c1. The summed E-state index contributed by atoms with van der Waals surface area (Å²) in [6.07, 6.45) is 0. The molecule has 0 aliphatic rings. The van der Waals surface area contributed by atoms with Gasteiger partial charge in [-0.3, -0.25) is 0 Å². The summed E-state index contributed by atoms with van der Waals surface area (Å²) < 4.78 is 25.3. The van der Waals surface area contributed by atoms with Crippen LogP contribution in [0.5, 0.6) is 11.5 Å². The number of aliphatic hydroxyl groups is 1. The first-order valence-electron chi connectivity index (χ1n) is 6.10. The van der Waals surface area contributed by atoms with Crippen LogP contribution in [0.1, 0.15) is 5.56 Å². The van der Waals surface area contributed by atoms with Gasteiger partial charge in [0.1, 0.15) is 19.0 Å². The van der Waals surface area contributed by atoms with Crippen molar-refractivity contribution in [3.05, 3.63) is 58.3 Å². The molecule has 20 heavy (non-hydrogen) atoms. The smallest absolute Gasteiger partial charge is 0.165 e. The molecule has 0 saturated carbocycles. The Morgan fingerprint density at radius 1 is 1.05 bits per heavy atom. The van der Waals surface area contributed by atoms with Crippen molar-refractivity contribution in [1.82, 2.24) is 0 Å². The van der Waals surface area contributed by atoms with Crippen molar-refractivity contribution < 1.29 is 19.0 Å². The lowest BCUT2D eigenvalue weighted by Gasteiger charge is -2.11. The highest BCUT2D eigenvalue weighted by Gasteiger charge is 2.08. The lowest BCUT2D eigenvalue weighted by molar-refractivity contribution is 0.203. The quantitative estimate of drug-likeness (QED) is 0.817. The van der Waals surface area contributed by atoms with E-state index in [1.54, 1.807) is 6.07 Å². The third-order valence-corrected chi connectivity index (χ3v) is 3.11. The van der Waals surface area contributed by atoms with Gasteiger partial charge in [0.05, 0.1) is 6.61 Å². The van der Waals surface area contributed by atoms with Gasteiger partial charge in [0.15, 0.2) is 11.6 Å². The molecule has 0 radical (unpaired) electrons. The predicted octanol–water partition coefficient (Wildman–Crippen LogP) is 3.54. The van der Waals surface area contributed by atoms with Crippen molar-refractivity contribution >= 4 is 15.9 Å². The highest BCUT2D eigenvalue weighted by Crippen LogP contribution is 2.23. The zero-order valence-corrected chi connectivity index (χ0v) is 12.3. The van der Waals surface area contributed by atoms with Gasteiger partial charge in [0.25, 0.3) is 0 Å². The third kappa shape index (κ3) is 3.95. The molecule has 2 rings (SSSR count). The first-order valence-corrected chi connectivity index (χ1v) is 6.89. The average molecular weight is 341 g/mol. The van der Waals surface area contributed by atoms with Crippen molar-refractivity contribution in [2.24, 2.45) is 0 Å². The second kappa shape index (κ2) is 7.26. The minimum absolute atomic E-state index is 0.0767. The Bertz CT molecular complexity index is 575. The second-order valence-electron chi connectivity index (χ2n) is 4.04. The summed E-state index contributed by atoms with van der Waals surface area (Å²) in [7, 11) is 0. The molecule has 0 unspecified atom stereocenters. The van der Waals surface area contributed by atoms with Crippen LogP contribution in [0, 0.1) is 5.82 Å². The molecule has 0 saturated heterocycles. The first-order chi connectivity index (χ1) is 9.70. The Hall–Kier alpha value is -1.59. The van der Waals surface area contributed by atoms with Crippen LogP contribution in [0.15, 0.2) is 46.9 Å². The molecule has 2 aromatic carbocycles. The molecule has 0 atom stereocenters. The van der Waals surface area contributed by atoms with Crippen molar-refractivity contribution in [3.63, 3.8) is 0 Å². The van der Waals surface area contributed by atoms with E-state index in [1.165, 1.54) is 12.1 Å². The minimum atomic E-state index is -0.487. The molecule has 2 aromatic rings. The van der Waals surface area contributed by atoms with Crippen LogP contribution in [0.4, 0.5) is 4.39 Å². The number of benzene rings is 2. The van der Waals surface area contributed by atoms with E-state index in [1.807, 2.05) is 24.3 Å². The second-order valence-corrected chi connectivity index (χ2v) is 4.96. The van der Waals surface area contributed by atoms with E-state index < -0.39 is 5.82 Å². The van der Waals surface area contributed by atoms with Crippen LogP contribution in [0.25, 0.3) is 0 Å². The van der Waals surface area contributed by atoms with E-state index in [0.717, 1.165) is 4.47 Å². The van der Waals surface area contributed by atoms with E-state index in [4.69, 9.17) is 14.6 Å². The summed E-state index contributed by atoms with van der Waals surface area (Å²) >= 11 is 3.35. The van der Waals surface area contributed by atoms with Crippen molar-refractivity contribution in [2.45, 2.75) is 6.61 Å². The summed E-state index contributed by atoms with van der Waals surface area (Å²) in [4.78, 5) is 0. The van der Waals surface area contributed by atoms with Crippen LogP contribution in [-0.2, 0) is 6.61 Å². The van der Waals surface area contributed by atoms with E-state index in [2.05, 4.69) is 15.9 Å². The molecule has 0 amide bonds. The van der Waals surface area contributed by atoms with Gasteiger partial charge in [-0.15, -0.1) is 0 Å². The highest BCUT2D eigenvalue weighted by atomic mass is 79.9. The topological polar surface area (TPSA) is 38.7 Å². The standard InChI is InChI=1S/C15H14BrFO3/c16-12-4-2-5-13(9-12)19-7-8-20-15-11(10-18)3-1-6-14(15)17/h1-6,9,18H,7-8,10H2. The Morgan fingerprint density at radius 3 is 2.55 bits per heavy atom. The van der Waals surface area contributed by atoms with Crippen LogP contribution in [-0.4, -0.2) is 18.3 Å². The Balaban J connectivity index is 1.87. The van der Waals surface area contributed by atoms with Gasteiger partial charge >= 0.3 is 0 Å². The molecule has 0 aliphatic heterocycles. The maximum atomic E-state index is 13.6. The molecule has 0 spiro atoms. The predicted molar refractivity (Wildman–Crippen MR) is 77.5 cm³/mol.